The fourth-order valence-corrected chi connectivity index (χ4v) is 3.22. The van der Waals surface area contributed by atoms with E-state index in [9.17, 15) is 4.79 Å². The van der Waals surface area contributed by atoms with Gasteiger partial charge in [-0.2, -0.15) is 0 Å². The lowest BCUT2D eigenvalue weighted by Crippen LogP contribution is -2.55. The molecule has 1 aromatic heterocycles. The van der Waals surface area contributed by atoms with E-state index in [4.69, 9.17) is 16.3 Å². The number of benzene rings is 1. The summed E-state index contributed by atoms with van der Waals surface area (Å²) in [4.78, 5) is 25.3. The molecule has 1 amide bonds. The van der Waals surface area contributed by atoms with E-state index in [0.29, 0.717) is 30.6 Å². The summed E-state index contributed by atoms with van der Waals surface area (Å²) in [6.45, 7) is 9.51. The van der Waals surface area contributed by atoms with Gasteiger partial charge in [-0.3, -0.25) is 0 Å². The van der Waals surface area contributed by atoms with Crippen LogP contribution in [-0.2, 0) is 4.74 Å². The molecule has 2 heterocycles. The Morgan fingerprint density at radius 3 is 2.52 bits per heavy atom. The number of aromatic nitrogens is 2. The number of hydrogen-bond donors (Lipinski definition) is 0. The zero-order valence-corrected chi connectivity index (χ0v) is 16.9. The first kappa shape index (κ1) is 19.4. The first-order valence-electron chi connectivity index (χ1n) is 9.07. The molecule has 3 rings (SSSR count). The highest BCUT2D eigenvalue weighted by atomic mass is 35.5. The van der Waals surface area contributed by atoms with E-state index in [2.05, 4.69) is 14.9 Å². The summed E-state index contributed by atoms with van der Waals surface area (Å²) >= 11 is 6.24. The summed E-state index contributed by atoms with van der Waals surface area (Å²) in [6, 6.07) is 11.5. The monoisotopic (exact) mass is 388 g/mol. The first-order chi connectivity index (χ1) is 12.7. The van der Waals surface area contributed by atoms with Gasteiger partial charge in [-0.1, -0.05) is 41.9 Å². The molecule has 1 saturated heterocycles. The number of hydrogen-bond acceptors (Lipinski definition) is 5. The molecule has 0 spiro atoms. The predicted molar refractivity (Wildman–Crippen MR) is 107 cm³/mol. The lowest BCUT2D eigenvalue weighted by molar-refractivity contribution is 0.0158. The number of rotatable bonds is 2. The van der Waals surface area contributed by atoms with Crippen LogP contribution in [0.25, 0.3) is 11.4 Å². The molecule has 1 atom stereocenters. The average molecular weight is 389 g/mol. The van der Waals surface area contributed by atoms with Gasteiger partial charge in [0.1, 0.15) is 16.6 Å². The Bertz CT molecular complexity index is 807. The van der Waals surface area contributed by atoms with Crippen molar-refractivity contribution in [1.82, 2.24) is 14.9 Å². The number of carbonyl (C=O) groups is 1. The largest absolute Gasteiger partial charge is 0.444 e. The quantitative estimate of drug-likeness (QED) is 0.720. The van der Waals surface area contributed by atoms with Crippen LogP contribution < -0.4 is 4.90 Å². The molecule has 1 aliphatic rings. The molecule has 0 radical (unpaired) electrons. The Morgan fingerprint density at radius 1 is 1.19 bits per heavy atom. The molecular weight excluding hydrogens is 364 g/mol. The second-order valence-electron chi connectivity index (χ2n) is 7.71. The van der Waals surface area contributed by atoms with Crippen LogP contribution in [0.15, 0.2) is 36.4 Å². The van der Waals surface area contributed by atoms with Crippen molar-refractivity contribution in [1.29, 1.82) is 0 Å². The maximum absolute atomic E-state index is 12.4. The van der Waals surface area contributed by atoms with Crippen molar-refractivity contribution in [2.24, 2.45) is 0 Å². The second-order valence-corrected chi connectivity index (χ2v) is 8.09. The van der Waals surface area contributed by atoms with Gasteiger partial charge in [0, 0.05) is 37.3 Å². The van der Waals surface area contributed by atoms with Gasteiger partial charge in [0.15, 0.2) is 5.82 Å². The van der Waals surface area contributed by atoms with E-state index >= 15 is 0 Å². The van der Waals surface area contributed by atoms with Crippen molar-refractivity contribution < 1.29 is 9.53 Å². The van der Waals surface area contributed by atoms with E-state index < -0.39 is 5.60 Å². The SMILES string of the molecule is CC1CN(c2cc(Cl)nc(-c3ccccc3)n2)CCN1C(=O)OC(C)(C)C. The Balaban J connectivity index is 1.76. The highest BCUT2D eigenvalue weighted by Gasteiger charge is 2.31. The van der Waals surface area contributed by atoms with E-state index in [1.807, 2.05) is 58.0 Å². The van der Waals surface area contributed by atoms with Crippen LogP contribution in [0.4, 0.5) is 10.6 Å². The third kappa shape index (κ3) is 4.89. The summed E-state index contributed by atoms with van der Waals surface area (Å²) in [5, 5.41) is 0.404. The van der Waals surface area contributed by atoms with Gasteiger partial charge in [-0.05, 0) is 27.7 Å². The zero-order valence-electron chi connectivity index (χ0n) is 16.1. The fraction of sp³-hybridized carbons (Fsp3) is 0.450. The van der Waals surface area contributed by atoms with Crippen molar-refractivity contribution in [2.45, 2.75) is 39.3 Å². The minimum Gasteiger partial charge on any atom is -0.444 e. The minimum atomic E-state index is -0.501. The molecule has 1 aliphatic heterocycles. The van der Waals surface area contributed by atoms with Gasteiger partial charge in [0.25, 0.3) is 0 Å². The van der Waals surface area contributed by atoms with Crippen LogP contribution in [-0.4, -0.2) is 52.2 Å². The van der Waals surface area contributed by atoms with Gasteiger partial charge in [0.2, 0.25) is 0 Å². The molecule has 2 aromatic rings. The maximum Gasteiger partial charge on any atom is 0.410 e. The number of carbonyl (C=O) groups excluding carboxylic acids is 1. The molecule has 0 aliphatic carbocycles. The van der Waals surface area contributed by atoms with Crippen molar-refractivity contribution in [3.05, 3.63) is 41.6 Å². The smallest absolute Gasteiger partial charge is 0.410 e. The average Bonchev–Trinajstić information content (AvgIpc) is 2.60. The summed E-state index contributed by atoms with van der Waals surface area (Å²) in [7, 11) is 0. The van der Waals surface area contributed by atoms with Crippen molar-refractivity contribution >= 4 is 23.5 Å². The molecule has 7 heteroatoms. The second kappa shape index (κ2) is 7.72. The van der Waals surface area contributed by atoms with Crippen LogP contribution in [0.5, 0.6) is 0 Å². The lowest BCUT2D eigenvalue weighted by Gasteiger charge is -2.40. The molecule has 1 aromatic carbocycles. The minimum absolute atomic E-state index is 0.00233. The van der Waals surface area contributed by atoms with E-state index in [1.165, 1.54) is 0 Å². The Kier molecular flexibility index (Phi) is 5.56. The van der Waals surface area contributed by atoms with Crippen molar-refractivity contribution in [3.63, 3.8) is 0 Å². The highest BCUT2D eigenvalue weighted by Crippen LogP contribution is 2.25. The summed E-state index contributed by atoms with van der Waals surface area (Å²) in [5.41, 5.74) is 0.417. The molecule has 1 unspecified atom stereocenters. The van der Waals surface area contributed by atoms with Crippen LogP contribution in [0.1, 0.15) is 27.7 Å². The number of piperazine rings is 1. The summed E-state index contributed by atoms with van der Waals surface area (Å²) < 4.78 is 5.51. The zero-order chi connectivity index (χ0) is 19.6. The molecular formula is C20H25ClN4O2. The topological polar surface area (TPSA) is 58.6 Å². The van der Waals surface area contributed by atoms with Gasteiger partial charge < -0.3 is 14.5 Å². The fourth-order valence-electron chi connectivity index (χ4n) is 3.04. The molecule has 27 heavy (non-hydrogen) atoms. The molecule has 1 fully saturated rings. The maximum atomic E-state index is 12.4. The molecule has 144 valence electrons. The first-order valence-corrected chi connectivity index (χ1v) is 9.45. The van der Waals surface area contributed by atoms with Crippen molar-refractivity contribution in [2.75, 3.05) is 24.5 Å². The molecule has 0 N–H and O–H groups in total. The number of ether oxygens (including phenoxy) is 1. The lowest BCUT2D eigenvalue weighted by atomic mass is 10.2. The third-order valence-corrected chi connectivity index (χ3v) is 4.49. The standard InChI is InChI=1S/C20H25ClN4O2/c1-14-13-24(10-11-25(14)19(26)27-20(2,3)4)17-12-16(21)22-18(23-17)15-8-6-5-7-9-15/h5-9,12,14H,10-11,13H2,1-4H3. The number of halogens is 1. The van der Waals surface area contributed by atoms with Crippen LogP contribution in [0.2, 0.25) is 5.15 Å². The normalized spacial score (nSPS) is 17.7. The molecule has 0 bridgehead atoms. The third-order valence-electron chi connectivity index (χ3n) is 4.29. The highest BCUT2D eigenvalue weighted by molar-refractivity contribution is 6.29. The van der Waals surface area contributed by atoms with E-state index in [0.717, 1.165) is 11.4 Å². The summed E-state index contributed by atoms with van der Waals surface area (Å²) in [5.74, 6) is 1.37. The van der Waals surface area contributed by atoms with Crippen LogP contribution in [0.3, 0.4) is 0 Å². The van der Waals surface area contributed by atoms with Crippen LogP contribution in [0, 0.1) is 0 Å². The number of anilines is 1. The summed E-state index contributed by atoms with van der Waals surface area (Å²) in [6.07, 6.45) is -0.277. The van der Waals surface area contributed by atoms with Crippen LogP contribution >= 0.6 is 11.6 Å². The Morgan fingerprint density at radius 2 is 1.89 bits per heavy atom. The molecule has 0 saturated carbocycles. The van der Waals surface area contributed by atoms with E-state index in [-0.39, 0.29) is 12.1 Å². The number of nitrogens with zero attached hydrogens (tertiary/aromatic N) is 4. The Labute approximate surface area is 165 Å². The van der Waals surface area contributed by atoms with Gasteiger partial charge in [0.05, 0.1) is 0 Å². The number of amides is 1. The van der Waals surface area contributed by atoms with Gasteiger partial charge in [-0.25, -0.2) is 14.8 Å². The van der Waals surface area contributed by atoms with Gasteiger partial charge >= 0.3 is 6.09 Å². The predicted octanol–water partition coefficient (Wildman–Crippen LogP) is 4.24. The van der Waals surface area contributed by atoms with Gasteiger partial charge in [-0.15, -0.1) is 0 Å². The van der Waals surface area contributed by atoms with Crippen molar-refractivity contribution in [3.8, 4) is 11.4 Å². The Hall–Kier alpha value is -2.34. The van der Waals surface area contributed by atoms with E-state index in [1.54, 1.807) is 11.0 Å². The molecule has 6 nitrogen and oxygen atoms in total.